The van der Waals surface area contributed by atoms with Crippen molar-refractivity contribution in [2.45, 2.75) is 6.92 Å². The number of furan rings is 1. The van der Waals surface area contributed by atoms with Crippen molar-refractivity contribution in [1.29, 1.82) is 0 Å². The van der Waals surface area contributed by atoms with E-state index < -0.39 is 0 Å². The van der Waals surface area contributed by atoms with Crippen LogP contribution in [0.4, 0.5) is 5.69 Å². The zero-order valence-corrected chi connectivity index (χ0v) is 15.2. The normalized spacial score (nSPS) is 15.0. The molecule has 0 atom stereocenters. The number of nitrogens with zero attached hydrogens (tertiary/aromatic N) is 2. The first kappa shape index (κ1) is 18.0. The standard InChI is InChI=1S/C19H23N3O4/c1-13-6-11-26-17(13)18(23)20-15-12-14(4-5-16(15)25-3)19(24)22-9-7-21(2)8-10-22/h4-6,11-12H,7-10H2,1-3H3,(H,20,23). The van der Waals surface area contributed by atoms with E-state index in [9.17, 15) is 9.59 Å². The summed E-state index contributed by atoms with van der Waals surface area (Å²) in [6.45, 7) is 4.87. The van der Waals surface area contributed by atoms with Crippen molar-refractivity contribution >= 4 is 17.5 Å². The second kappa shape index (κ2) is 7.61. The van der Waals surface area contributed by atoms with E-state index in [1.165, 1.54) is 13.4 Å². The first-order valence-corrected chi connectivity index (χ1v) is 8.51. The number of carbonyl (C=O) groups excluding carboxylic acids is 2. The molecule has 26 heavy (non-hydrogen) atoms. The fraction of sp³-hybridized carbons (Fsp3) is 0.368. The number of likely N-dealkylation sites (N-methyl/N-ethyl adjacent to an activating group) is 1. The van der Waals surface area contributed by atoms with Gasteiger partial charge in [-0.25, -0.2) is 0 Å². The van der Waals surface area contributed by atoms with Crippen LogP contribution in [0, 0.1) is 6.92 Å². The molecule has 1 aliphatic heterocycles. The Bertz CT molecular complexity index is 807. The van der Waals surface area contributed by atoms with Crippen LogP contribution in [0.3, 0.4) is 0 Å². The Labute approximate surface area is 152 Å². The van der Waals surface area contributed by atoms with Gasteiger partial charge in [0.2, 0.25) is 0 Å². The second-order valence-electron chi connectivity index (χ2n) is 6.40. The molecule has 0 radical (unpaired) electrons. The number of nitrogens with one attached hydrogen (secondary N) is 1. The summed E-state index contributed by atoms with van der Waals surface area (Å²) in [5.41, 5.74) is 1.70. The summed E-state index contributed by atoms with van der Waals surface area (Å²) in [7, 11) is 3.56. The van der Waals surface area contributed by atoms with E-state index in [1.54, 1.807) is 31.2 Å². The molecule has 1 aliphatic rings. The first-order chi connectivity index (χ1) is 12.5. The molecule has 7 heteroatoms. The van der Waals surface area contributed by atoms with E-state index in [-0.39, 0.29) is 17.6 Å². The molecule has 2 amide bonds. The molecule has 1 aromatic heterocycles. The van der Waals surface area contributed by atoms with Crippen LogP contribution in [-0.4, -0.2) is 62.0 Å². The van der Waals surface area contributed by atoms with E-state index in [2.05, 4.69) is 10.2 Å². The molecule has 7 nitrogen and oxygen atoms in total. The SMILES string of the molecule is COc1ccc(C(=O)N2CCN(C)CC2)cc1NC(=O)c1occc1C. The number of methoxy groups -OCH3 is 1. The minimum absolute atomic E-state index is 0.0505. The van der Waals surface area contributed by atoms with Gasteiger partial charge in [-0.15, -0.1) is 0 Å². The molecule has 0 spiro atoms. The lowest BCUT2D eigenvalue weighted by molar-refractivity contribution is 0.0664. The second-order valence-corrected chi connectivity index (χ2v) is 6.40. The van der Waals surface area contributed by atoms with Crippen molar-refractivity contribution in [3.05, 3.63) is 47.4 Å². The lowest BCUT2D eigenvalue weighted by Crippen LogP contribution is -2.47. The molecule has 3 rings (SSSR count). The number of hydrogen-bond donors (Lipinski definition) is 1. The highest BCUT2D eigenvalue weighted by atomic mass is 16.5. The number of anilines is 1. The minimum Gasteiger partial charge on any atom is -0.495 e. The smallest absolute Gasteiger partial charge is 0.291 e. The van der Waals surface area contributed by atoms with Gasteiger partial charge in [0.1, 0.15) is 5.75 Å². The van der Waals surface area contributed by atoms with Gasteiger partial charge in [0, 0.05) is 37.3 Å². The number of piperazine rings is 1. The number of rotatable bonds is 4. The topological polar surface area (TPSA) is 75.0 Å². The molecule has 1 fully saturated rings. The number of benzene rings is 1. The maximum atomic E-state index is 12.8. The summed E-state index contributed by atoms with van der Waals surface area (Å²) in [4.78, 5) is 29.2. The number of hydrogen-bond acceptors (Lipinski definition) is 5. The van der Waals surface area contributed by atoms with Crippen LogP contribution in [0.5, 0.6) is 5.75 Å². The summed E-state index contributed by atoms with van der Waals surface area (Å²) in [6.07, 6.45) is 1.47. The molecule has 0 aliphatic carbocycles. The predicted octanol–water partition coefficient (Wildman–Crippen LogP) is 2.24. The maximum Gasteiger partial charge on any atom is 0.291 e. The van der Waals surface area contributed by atoms with Crippen molar-refractivity contribution < 1.29 is 18.7 Å². The molecule has 2 aromatic rings. The molecule has 138 valence electrons. The molecule has 1 N–H and O–H groups in total. The number of aryl methyl sites for hydroxylation is 1. The Morgan fingerprint density at radius 2 is 1.88 bits per heavy atom. The Balaban J connectivity index is 1.81. The van der Waals surface area contributed by atoms with Gasteiger partial charge in [-0.1, -0.05) is 0 Å². The third-order valence-electron chi connectivity index (χ3n) is 4.55. The average molecular weight is 357 g/mol. The lowest BCUT2D eigenvalue weighted by Gasteiger charge is -2.32. The van der Waals surface area contributed by atoms with Gasteiger partial charge >= 0.3 is 0 Å². The Morgan fingerprint density at radius 3 is 2.50 bits per heavy atom. The fourth-order valence-corrected chi connectivity index (χ4v) is 2.92. The van der Waals surface area contributed by atoms with Crippen LogP contribution in [0.1, 0.15) is 26.5 Å². The van der Waals surface area contributed by atoms with Crippen LogP contribution >= 0.6 is 0 Å². The van der Waals surface area contributed by atoms with Gasteiger partial charge in [-0.2, -0.15) is 0 Å². The highest BCUT2D eigenvalue weighted by Crippen LogP contribution is 2.27. The molecule has 0 saturated carbocycles. The predicted molar refractivity (Wildman–Crippen MR) is 97.8 cm³/mol. The highest BCUT2D eigenvalue weighted by Gasteiger charge is 2.22. The van der Waals surface area contributed by atoms with Gasteiger partial charge in [0.25, 0.3) is 11.8 Å². The van der Waals surface area contributed by atoms with Crippen molar-refractivity contribution in [3.63, 3.8) is 0 Å². The zero-order valence-electron chi connectivity index (χ0n) is 15.2. The fourth-order valence-electron chi connectivity index (χ4n) is 2.92. The number of ether oxygens (including phenoxy) is 1. The maximum absolute atomic E-state index is 12.8. The molecule has 1 aromatic carbocycles. The minimum atomic E-state index is -0.380. The lowest BCUT2D eigenvalue weighted by atomic mass is 10.1. The van der Waals surface area contributed by atoms with Gasteiger partial charge in [0.15, 0.2) is 5.76 Å². The van der Waals surface area contributed by atoms with Gasteiger partial charge < -0.3 is 24.3 Å². The van der Waals surface area contributed by atoms with Gasteiger partial charge in [-0.3, -0.25) is 9.59 Å². The molecule has 0 unspecified atom stereocenters. The Morgan fingerprint density at radius 1 is 1.15 bits per heavy atom. The van der Waals surface area contributed by atoms with E-state index in [0.29, 0.717) is 30.1 Å². The third kappa shape index (κ3) is 3.72. The quantitative estimate of drug-likeness (QED) is 0.908. The molecular formula is C19H23N3O4. The van der Waals surface area contributed by atoms with E-state index in [1.807, 2.05) is 11.9 Å². The largest absolute Gasteiger partial charge is 0.495 e. The van der Waals surface area contributed by atoms with Gasteiger partial charge in [-0.05, 0) is 38.2 Å². The van der Waals surface area contributed by atoms with Crippen LogP contribution in [0.25, 0.3) is 0 Å². The van der Waals surface area contributed by atoms with Gasteiger partial charge in [0.05, 0.1) is 19.1 Å². The third-order valence-corrected chi connectivity index (χ3v) is 4.55. The van der Waals surface area contributed by atoms with E-state index in [4.69, 9.17) is 9.15 Å². The van der Waals surface area contributed by atoms with E-state index >= 15 is 0 Å². The van der Waals surface area contributed by atoms with Crippen molar-refractivity contribution in [2.24, 2.45) is 0 Å². The number of amides is 2. The molecule has 2 heterocycles. The summed E-state index contributed by atoms with van der Waals surface area (Å²) in [6, 6.07) is 6.77. The Hall–Kier alpha value is -2.80. The summed E-state index contributed by atoms with van der Waals surface area (Å²) in [5.74, 6) is 0.292. The molecular weight excluding hydrogens is 334 g/mol. The monoisotopic (exact) mass is 357 g/mol. The van der Waals surface area contributed by atoms with E-state index in [0.717, 1.165) is 18.7 Å². The highest BCUT2D eigenvalue weighted by molar-refractivity contribution is 6.05. The van der Waals surface area contributed by atoms with Crippen molar-refractivity contribution in [3.8, 4) is 5.75 Å². The zero-order chi connectivity index (χ0) is 18.7. The van der Waals surface area contributed by atoms with Crippen LogP contribution in [-0.2, 0) is 0 Å². The molecule has 0 bridgehead atoms. The molecule has 1 saturated heterocycles. The van der Waals surface area contributed by atoms with Crippen LogP contribution in [0.2, 0.25) is 0 Å². The summed E-state index contributed by atoms with van der Waals surface area (Å²) < 4.78 is 10.5. The Kier molecular flexibility index (Phi) is 5.27. The first-order valence-electron chi connectivity index (χ1n) is 8.51. The van der Waals surface area contributed by atoms with Crippen LogP contribution < -0.4 is 10.1 Å². The number of carbonyl (C=O) groups is 2. The van der Waals surface area contributed by atoms with Crippen molar-refractivity contribution in [2.75, 3.05) is 45.7 Å². The summed E-state index contributed by atoms with van der Waals surface area (Å²) in [5, 5.41) is 2.77. The average Bonchev–Trinajstić information content (AvgIpc) is 3.08. The summed E-state index contributed by atoms with van der Waals surface area (Å²) >= 11 is 0. The van der Waals surface area contributed by atoms with Crippen molar-refractivity contribution in [1.82, 2.24) is 9.80 Å². The van der Waals surface area contributed by atoms with Crippen LogP contribution in [0.15, 0.2) is 34.9 Å².